The maximum Gasteiger partial charge on any atom is 0.277 e. The first-order valence-electron chi connectivity index (χ1n) is 15.6. The van der Waals surface area contributed by atoms with Crippen LogP contribution in [0.3, 0.4) is 0 Å². The smallest absolute Gasteiger partial charge is 0.277 e. The van der Waals surface area contributed by atoms with Crippen molar-refractivity contribution in [3.05, 3.63) is 64.6 Å². The molecular weight excluding hydrogens is 670 g/mol. The zero-order valence-corrected chi connectivity index (χ0v) is 30.4. The van der Waals surface area contributed by atoms with Gasteiger partial charge >= 0.3 is 0 Å². The van der Waals surface area contributed by atoms with Crippen LogP contribution in [0.2, 0.25) is 5.02 Å². The van der Waals surface area contributed by atoms with Crippen LogP contribution < -0.4 is 26.6 Å². The van der Waals surface area contributed by atoms with Crippen molar-refractivity contribution in [2.75, 3.05) is 75.6 Å². The standard InChI is InChI=1S/C32H44ClN11O4S/c1-40(2)12-8-10-34-28(45)23-14-20(17-42(23)5)36-29(46)24-15-21(18-43(24)6)37-30(47)25-16-22(19-44(25)7)38-31(48)27-26(33)32(49-39-27)35-11-9-13-41(3)4/h14-19,35H,8-13H2,1-7H3,(H,34,45)(H,36,46)(H,37,47)(H,38,48). The number of carbonyl (C=O) groups is 4. The van der Waals surface area contributed by atoms with E-state index in [2.05, 4.69) is 35.9 Å². The van der Waals surface area contributed by atoms with E-state index in [0.717, 1.165) is 37.5 Å². The Morgan fingerprint density at radius 3 is 1.59 bits per heavy atom. The summed E-state index contributed by atoms with van der Waals surface area (Å²) in [6.07, 6.45) is 6.61. The molecule has 4 rings (SSSR count). The van der Waals surface area contributed by atoms with Crippen LogP contribution in [0.15, 0.2) is 36.8 Å². The van der Waals surface area contributed by atoms with Gasteiger partial charge in [-0.2, -0.15) is 4.37 Å². The largest absolute Gasteiger partial charge is 0.374 e. The van der Waals surface area contributed by atoms with Crippen LogP contribution in [0.5, 0.6) is 0 Å². The highest BCUT2D eigenvalue weighted by atomic mass is 35.5. The van der Waals surface area contributed by atoms with E-state index < -0.39 is 17.7 Å². The molecule has 4 amide bonds. The van der Waals surface area contributed by atoms with E-state index in [1.54, 1.807) is 65.6 Å². The van der Waals surface area contributed by atoms with Crippen LogP contribution in [0.1, 0.15) is 54.8 Å². The summed E-state index contributed by atoms with van der Waals surface area (Å²) in [6, 6.07) is 4.70. The molecule has 0 aliphatic heterocycles. The van der Waals surface area contributed by atoms with Crippen LogP contribution in [0.4, 0.5) is 22.1 Å². The zero-order valence-electron chi connectivity index (χ0n) is 28.8. The lowest BCUT2D eigenvalue weighted by molar-refractivity contribution is 0.0942. The summed E-state index contributed by atoms with van der Waals surface area (Å²) in [4.78, 5) is 56.1. The van der Waals surface area contributed by atoms with E-state index in [-0.39, 0.29) is 22.3 Å². The van der Waals surface area contributed by atoms with Crippen LogP contribution in [-0.4, -0.2) is 106 Å². The van der Waals surface area contributed by atoms with Crippen molar-refractivity contribution in [2.24, 2.45) is 21.1 Å². The number of hydrogen-bond acceptors (Lipinski definition) is 9. The summed E-state index contributed by atoms with van der Waals surface area (Å²) in [5.41, 5.74) is 2.32. The average Bonchev–Trinajstić information content (AvgIpc) is 3.78. The summed E-state index contributed by atoms with van der Waals surface area (Å²) in [7, 11) is 13.1. The molecule has 0 unspecified atom stereocenters. The van der Waals surface area contributed by atoms with Gasteiger partial charge in [-0.1, -0.05) is 11.6 Å². The van der Waals surface area contributed by atoms with Gasteiger partial charge in [-0.3, -0.25) is 19.2 Å². The Bertz CT molecular complexity index is 1800. The first kappa shape index (κ1) is 37.2. The van der Waals surface area contributed by atoms with Crippen molar-refractivity contribution in [3.8, 4) is 0 Å². The summed E-state index contributed by atoms with van der Waals surface area (Å²) in [6.45, 7) is 3.01. The van der Waals surface area contributed by atoms with Crippen LogP contribution in [0.25, 0.3) is 0 Å². The van der Waals surface area contributed by atoms with E-state index >= 15 is 0 Å². The van der Waals surface area contributed by atoms with Crippen molar-refractivity contribution < 1.29 is 19.2 Å². The van der Waals surface area contributed by atoms with Crippen LogP contribution in [-0.2, 0) is 21.1 Å². The maximum atomic E-state index is 13.2. The first-order chi connectivity index (χ1) is 23.2. The number of anilines is 4. The topological polar surface area (TPSA) is 163 Å². The molecule has 15 nitrogen and oxygen atoms in total. The fourth-order valence-electron chi connectivity index (χ4n) is 4.97. The molecule has 0 bridgehead atoms. The SMILES string of the molecule is CN(C)CCCNC(=O)c1cc(NC(=O)c2cc(NC(=O)c3cc(NC(=O)c4nsc(NCCCN(C)C)c4Cl)cn3C)cn2C)cn1C. The number of hydrogen-bond donors (Lipinski definition) is 5. The maximum absolute atomic E-state index is 13.2. The zero-order chi connectivity index (χ0) is 35.8. The summed E-state index contributed by atoms with van der Waals surface area (Å²) >= 11 is 7.55. The van der Waals surface area contributed by atoms with Gasteiger partial charge in [0.2, 0.25) is 0 Å². The molecule has 17 heteroatoms. The van der Waals surface area contributed by atoms with Gasteiger partial charge in [-0.25, -0.2) is 0 Å². The second kappa shape index (κ2) is 16.6. The number of halogens is 1. The Kier molecular flexibility index (Phi) is 12.6. The van der Waals surface area contributed by atoms with Gasteiger partial charge in [0.1, 0.15) is 27.1 Å². The minimum Gasteiger partial charge on any atom is -0.374 e. The minimum atomic E-state index is -0.495. The molecule has 0 aliphatic rings. The van der Waals surface area contributed by atoms with Crippen LogP contribution >= 0.6 is 23.1 Å². The Morgan fingerprint density at radius 1 is 0.694 bits per heavy atom. The molecule has 264 valence electrons. The number of nitrogens with zero attached hydrogens (tertiary/aromatic N) is 6. The van der Waals surface area contributed by atoms with Crippen molar-refractivity contribution >= 4 is 68.8 Å². The number of aryl methyl sites for hydroxylation is 3. The van der Waals surface area contributed by atoms with Crippen LogP contribution in [0, 0.1) is 0 Å². The van der Waals surface area contributed by atoms with Gasteiger partial charge < -0.3 is 50.1 Å². The van der Waals surface area contributed by atoms with Gasteiger partial charge in [0.05, 0.1) is 17.1 Å². The molecule has 0 fully saturated rings. The fraction of sp³-hybridized carbons (Fsp3) is 0.406. The second-order valence-electron chi connectivity index (χ2n) is 12.2. The summed E-state index contributed by atoms with van der Waals surface area (Å²) in [5, 5.41) is 15.4. The molecule has 0 spiro atoms. The second-order valence-corrected chi connectivity index (χ2v) is 13.4. The number of aromatic nitrogens is 4. The molecule has 49 heavy (non-hydrogen) atoms. The highest BCUT2D eigenvalue weighted by molar-refractivity contribution is 7.11. The summed E-state index contributed by atoms with van der Waals surface area (Å²) < 4.78 is 9.03. The third-order valence-electron chi connectivity index (χ3n) is 7.47. The molecule has 0 saturated heterocycles. The quantitative estimate of drug-likeness (QED) is 0.110. The van der Waals surface area contributed by atoms with Gasteiger partial charge in [-0.15, -0.1) is 0 Å². The van der Waals surface area contributed by atoms with Crippen molar-refractivity contribution in [1.29, 1.82) is 0 Å². The highest BCUT2D eigenvalue weighted by Gasteiger charge is 2.22. The minimum absolute atomic E-state index is 0.0947. The molecule has 0 radical (unpaired) electrons. The monoisotopic (exact) mass is 713 g/mol. The lowest BCUT2D eigenvalue weighted by atomic mass is 10.3. The van der Waals surface area contributed by atoms with E-state index in [0.29, 0.717) is 46.5 Å². The number of carbonyl (C=O) groups excluding carboxylic acids is 4. The molecule has 0 aromatic carbocycles. The number of nitrogens with one attached hydrogen (secondary N) is 5. The first-order valence-corrected chi connectivity index (χ1v) is 16.8. The van der Waals surface area contributed by atoms with Gasteiger partial charge in [0.15, 0.2) is 5.69 Å². The van der Waals surface area contributed by atoms with Gasteiger partial charge in [0.25, 0.3) is 23.6 Å². The normalized spacial score (nSPS) is 11.2. The third-order valence-corrected chi connectivity index (χ3v) is 8.76. The van der Waals surface area contributed by atoms with E-state index in [1.807, 2.05) is 33.1 Å². The molecule has 0 atom stereocenters. The van der Waals surface area contributed by atoms with E-state index in [1.165, 1.54) is 6.07 Å². The molecule has 4 heterocycles. The van der Waals surface area contributed by atoms with Crippen molar-refractivity contribution in [1.82, 2.24) is 33.2 Å². The van der Waals surface area contributed by atoms with E-state index in [4.69, 9.17) is 11.6 Å². The third kappa shape index (κ3) is 9.95. The molecule has 5 N–H and O–H groups in total. The predicted octanol–water partition coefficient (Wildman–Crippen LogP) is 3.61. The van der Waals surface area contributed by atoms with Gasteiger partial charge in [-0.05, 0) is 83.9 Å². The number of amides is 4. The predicted molar refractivity (Wildman–Crippen MR) is 194 cm³/mol. The highest BCUT2D eigenvalue weighted by Crippen LogP contribution is 2.31. The molecule has 4 aromatic heterocycles. The van der Waals surface area contributed by atoms with Crippen molar-refractivity contribution in [3.63, 3.8) is 0 Å². The van der Waals surface area contributed by atoms with Gasteiger partial charge in [0, 0.05) is 52.8 Å². The molecular formula is C32H44ClN11O4S. The lowest BCUT2D eigenvalue weighted by Crippen LogP contribution is -2.28. The molecule has 0 saturated carbocycles. The lowest BCUT2D eigenvalue weighted by Gasteiger charge is -2.10. The summed E-state index contributed by atoms with van der Waals surface area (Å²) in [5.74, 6) is -1.58. The Hall–Kier alpha value is -4.64. The average molecular weight is 714 g/mol. The van der Waals surface area contributed by atoms with Crippen molar-refractivity contribution in [2.45, 2.75) is 12.8 Å². The number of rotatable bonds is 16. The Morgan fingerprint density at radius 2 is 1.12 bits per heavy atom. The Balaban J connectivity index is 1.34. The van der Waals surface area contributed by atoms with E-state index in [9.17, 15) is 19.2 Å². The molecule has 4 aromatic rings. The molecule has 0 aliphatic carbocycles. The fourth-order valence-corrected chi connectivity index (χ4v) is 6.02. The Labute approximate surface area is 294 Å².